The largest absolute Gasteiger partial charge is 0.491 e. The lowest BCUT2D eigenvalue weighted by Crippen LogP contribution is -2.56. The molecule has 0 radical (unpaired) electrons. The monoisotopic (exact) mass is 414 g/mol. The normalized spacial score (nSPS) is 24.9. The Morgan fingerprint density at radius 1 is 1.07 bits per heavy atom. The molecule has 0 bridgehead atoms. The van der Waals surface area contributed by atoms with Gasteiger partial charge in [-0.05, 0) is 70.2 Å². The molecule has 1 N–H and O–H groups in total. The number of hydrogen-bond donors (Lipinski definition) is 1. The maximum atomic E-state index is 13.8. The minimum Gasteiger partial charge on any atom is -0.491 e. The Bertz CT molecular complexity index is 828. The molecule has 1 heterocycles. The van der Waals surface area contributed by atoms with E-state index in [1.165, 1.54) is 11.3 Å². The van der Waals surface area contributed by atoms with Gasteiger partial charge in [-0.25, -0.2) is 4.79 Å². The number of rotatable bonds is 6. The van der Waals surface area contributed by atoms with Crippen molar-refractivity contribution in [3.05, 3.63) is 29.3 Å². The van der Waals surface area contributed by atoms with Gasteiger partial charge >= 0.3 is 6.03 Å². The molecule has 2 aliphatic carbocycles. The summed E-state index contributed by atoms with van der Waals surface area (Å²) in [6, 6.07) is 5.59. The average molecular weight is 415 g/mol. The molecular weight excluding hydrogens is 380 g/mol. The van der Waals surface area contributed by atoms with E-state index in [1.54, 1.807) is 0 Å². The molecular formula is C24H34N2O4. The zero-order valence-corrected chi connectivity index (χ0v) is 18.6. The minimum absolute atomic E-state index is 0.0940. The number of nitrogens with zero attached hydrogens (tertiary/aromatic N) is 1. The number of carbonyl (C=O) groups excluding carboxylic acids is 2. The first-order chi connectivity index (χ1) is 14.3. The summed E-state index contributed by atoms with van der Waals surface area (Å²) in [5, 5.41) is 3.19. The molecule has 1 atom stereocenters. The standard InChI is InChI=1S/C24H34N2O4/c1-16(2)26-21(27)24(25-22(26)28)20-14-19(30-13-12-29-17(3)4)9-8-18(20)15-23(24)10-6-5-7-11-23/h8-9,14,16-17H,5-7,10-13,15H2,1-4H3,(H,25,28). The minimum atomic E-state index is -0.974. The van der Waals surface area contributed by atoms with E-state index in [0.29, 0.717) is 13.2 Å². The third kappa shape index (κ3) is 3.20. The number of imide groups is 1. The van der Waals surface area contributed by atoms with Gasteiger partial charge in [0.25, 0.3) is 5.91 Å². The van der Waals surface area contributed by atoms with Crippen molar-refractivity contribution in [2.75, 3.05) is 13.2 Å². The van der Waals surface area contributed by atoms with Gasteiger partial charge in [0.05, 0.1) is 12.7 Å². The molecule has 4 rings (SSSR count). The molecule has 1 aromatic carbocycles. The van der Waals surface area contributed by atoms with E-state index < -0.39 is 5.54 Å². The first-order valence-corrected chi connectivity index (χ1v) is 11.3. The first-order valence-electron chi connectivity index (χ1n) is 11.3. The number of urea groups is 1. The molecule has 30 heavy (non-hydrogen) atoms. The number of ether oxygens (including phenoxy) is 2. The molecule has 164 valence electrons. The number of hydrogen-bond acceptors (Lipinski definition) is 4. The third-order valence-corrected chi connectivity index (χ3v) is 6.99. The highest BCUT2D eigenvalue weighted by molar-refractivity contribution is 6.09. The zero-order chi connectivity index (χ0) is 21.5. The van der Waals surface area contributed by atoms with Gasteiger partial charge in [-0.1, -0.05) is 25.3 Å². The van der Waals surface area contributed by atoms with Crippen molar-refractivity contribution >= 4 is 11.9 Å². The van der Waals surface area contributed by atoms with Gasteiger partial charge in [0.1, 0.15) is 12.4 Å². The van der Waals surface area contributed by atoms with E-state index in [0.717, 1.165) is 49.0 Å². The van der Waals surface area contributed by atoms with Crippen LogP contribution < -0.4 is 10.1 Å². The summed E-state index contributed by atoms with van der Waals surface area (Å²) in [7, 11) is 0. The Morgan fingerprint density at radius 3 is 2.43 bits per heavy atom. The van der Waals surface area contributed by atoms with Crippen LogP contribution in [0.25, 0.3) is 0 Å². The maximum absolute atomic E-state index is 13.8. The summed E-state index contributed by atoms with van der Waals surface area (Å²) in [4.78, 5) is 28.2. The van der Waals surface area contributed by atoms with E-state index in [2.05, 4.69) is 11.4 Å². The number of amides is 3. The van der Waals surface area contributed by atoms with E-state index in [-0.39, 0.29) is 29.5 Å². The molecule has 6 nitrogen and oxygen atoms in total. The fourth-order valence-corrected chi connectivity index (χ4v) is 5.71. The van der Waals surface area contributed by atoms with E-state index in [4.69, 9.17) is 9.47 Å². The fraction of sp³-hybridized carbons (Fsp3) is 0.667. The first kappa shape index (κ1) is 21.2. The van der Waals surface area contributed by atoms with E-state index in [1.807, 2.05) is 39.8 Å². The molecule has 1 aromatic rings. The Labute approximate surface area is 179 Å². The fourth-order valence-electron chi connectivity index (χ4n) is 5.71. The Kier molecular flexibility index (Phi) is 5.56. The van der Waals surface area contributed by atoms with Gasteiger partial charge in [-0.15, -0.1) is 0 Å². The molecule has 0 aromatic heterocycles. The number of benzene rings is 1. The topological polar surface area (TPSA) is 67.9 Å². The highest BCUT2D eigenvalue weighted by Crippen LogP contribution is 2.60. The number of carbonyl (C=O) groups is 2. The molecule has 2 fully saturated rings. The Morgan fingerprint density at radius 2 is 1.80 bits per heavy atom. The zero-order valence-electron chi connectivity index (χ0n) is 18.6. The van der Waals surface area contributed by atoms with Crippen molar-refractivity contribution in [3.63, 3.8) is 0 Å². The second-order valence-electron chi connectivity index (χ2n) is 9.55. The second-order valence-corrected chi connectivity index (χ2v) is 9.55. The highest BCUT2D eigenvalue weighted by atomic mass is 16.5. The van der Waals surface area contributed by atoms with Crippen molar-refractivity contribution in [1.82, 2.24) is 10.2 Å². The molecule has 3 aliphatic rings. The van der Waals surface area contributed by atoms with Gasteiger partial charge in [0.15, 0.2) is 5.54 Å². The van der Waals surface area contributed by atoms with Crippen LogP contribution in [0, 0.1) is 5.41 Å². The summed E-state index contributed by atoms with van der Waals surface area (Å²) in [5.41, 5.74) is 0.858. The van der Waals surface area contributed by atoms with Gasteiger partial charge in [-0.3, -0.25) is 9.69 Å². The lowest BCUT2D eigenvalue weighted by Gasteiger charge is -2.45. The van der Waals surface area contributed by atoms with Crippen LogP contribution in [0.5, 0.6) is 5.75 Å². The van der Waals surface area contributed by atoms with Crippen LogP contribution in [-0.2, 0) is 21.5 Å². The van der Waals surface area contributed by atoms with Crippen LogP contribution in [0.4, 0.5) is 4.79 Å². The van der Waals surface area contributed by atoms with Crippen LogP contribution in [0.2, 0.25) is 0 Å². The quantitative estimate of drug-likeness (QED) is 0.561. The lowest BCUT2D eigenvalue weighted by atomic mass is 9.62. The van der Waals surface area contributed by atoms with Crippen molar-refractivity contribution in [1.29, 1.82) is 0 Å². The SMILES string of the molecule is CC(C)OCCOc1ccc2c(c1)C1(NC(=O)N(C(C)C)C1=O)C1(CCCCC1)C2. The van der Waals surface area contributed by atoms with Gasteiger partial charge in [0, 0.05) is 11.5 Å². The van der Waals surface area contributed by atoms with Crippen molar-refractivity contribution in [2.24, 2.45) is 5.41 Å². The average Bonchev–Trinajstić information content (AvgIpc) is 3.11. The van der Waals surface area contributed by atoms with Crippen LogP contribution >= 0.6 is 0 Å². The molecule has 1 saturated carbocycles. The third-order valence-electron chi connectivity index (χ3n) is 6.99. The lowest BCUT2D eigenvalue weighted by molar-refractivity contribution is -0.138. The molecule has 1 aliphatic heterocycles. The van der Waals surface area contributed by atoms with E-state index >= 15 is 0 Å². The summed E-state index contributed by atoms with van der Waals surface area (Å²) in [6.45, 7) is 8.76. The van der Waals surface area contributed by atoms with Gasteiger partial charge in [0.2, 0.25) is 0 Å². The van der Waals surface area contributed by atoms with Crippen LogP contribution in [-0.4, -0.2) is 42.2 Å². The second kappa shape index (κ2) is 7.88. The molecule has 1 unspecified atom stereocenters. The summed E-state index contributed by atoms with van der Waals surface area (Å²) in [6.07, 6.45) is 6.28. The Balaban J connectivity index is 1.71. The van der Waals surface area contributed by atoms with Crippen LogP contribution in [0.3, 0.4) is 0 Å². The smallest absolute Gasteiger partial charge is 0.325 e. The van der Waals surface area contributed by atoms with Gasteiger partial charge < -0.3 is 14.8 Å². The van der Waals surface area contributed by atoms with E-state index in [9.17, 15) is 9.59 Å². The molecule has 6 heteroatoms. The van der Waals surface area contributed by atoms with Crippen molar-refractivity contribution in [3.8, 4) is 5.75 Å². The molecule has 3 amide bonds. The predicted octanol–water partition coefficient (Wildman–Crippen LogP) is 4.15. The van der Waals surface area contributed by atoms with Gasteiger partial charge in [-0.2, -0.15) is 0 Å². The number of fused-ring (bicyclic) bond motifs is 3. The van der Waals surface area contributed by atoms with Crippen LogP contribution in [0.1, 0.15) is 70.9 Å². The van der Waals surface area contributed by atoms with Crippen LogP contribution in [0.15, 0.2) is 18.2 Å². The number of nitrogens with one attached hydrogen (secondary N) is 1. The summed E-state index contributed by atoms with van der Waals surface area (Å²) < 4.78 is 11.5. The van der Waals surface area contributed by atoms with Crippen molar-refractivity contribution in [2.45, 2.75) is 83.9 Å². The molecule has 2 spiro atoms. The predicted molar refractivity (Wildman–Crippen MR) is 114 cm³/mol. The summed E-state index contributed by atoms with van der Waals surface area (Å²) >= 11 is 0. The molecule has 1 saturated heterocycles. The maximum Gasteiger partial charge on any atom is 0.325 e. The highest BCUT2D eigenvalue weighted by Gasteiger charge is 2.67. The summed E-state index contributed by atoms with van der Waals surface area (Å²) in [5.74, 6) is 0.627. The Hall–Kier alpha value is -2.08. The van der Waals surface area contributed by atoms with Crippen molar-refractivity contribution < 1.29 is 19.1 Å².